The number of nitrogens with zero attached hydrogens (tertiary/aromatic N) is 1. The highest BCUT2D eigenvalue weighted by Crippen LogP contribution is 2.52. The molecule has 2 N–H and O–H groups in total. The van der Waals surface area contributed by atoms with Gasteiger partial charge in [0.25, 0.3) is 0 Å². The molecule has 1 aliphatic carbocycles. The molecule has 0 aromatic heterocycles. The third kappa shape index (κ3) is 5.56. The zero-order chi connectivity index (χ0) is 24.4. The quantitative estimate of drug-likeness (QED) is 0.430. The molecule has 4 nitrogen and oxygen atoms in total. The Hall–Kier alpha value is -1.59. The SMILES string of the molecule is O=C1N[C@H](C(c2ccc(Cl)cc2)C2CC2)[C@@H](c2cccc(Cl)c2)CC1(CCO)CCN1CCCC1. The summed E-state index contributed by atoms with van der Waals surface area (Å²) in [6.45, 7) is 3.14. The van der Waals surface area contributed by atoms with Crippen LogP contribution in [-0.2, 0) is 4.79 Å². The number of aliphatic hydroxyl groups is 1. The first-order valence-electron chi connectivity index (χ1n) is 13.1. The van der Waals surface area contributed by atoms with E-state index < -0.39 is 5.41 Å². The van der Waals surface area contributed by atoms with Gasteiger partial charge in [-0.25, -0.2) is 0 Å². The van der Waals surface area contributed by atoms with Crippen LogP contribution in [0.3, 0.4) is 0 Å². The summed E-state index contributed by atoms with van der Waals surface area (Å²) in [6.07, 6.45) is 6.82. The molecule has 35 heavy (non-hydrogen) atoms. The van der Waals surface area contributed by atoms with Crippen molar-refractivity contribution in [1.29, 1.82) is 0 Å². The Kier molecular flexibility index (Phi) is 7.74. The number of hydrogen-bond acceptors (Lipinski definition) is 3. The standard InChI is InChI=1S/C29H36Cl2N2O2/c30-23-10-8-21(9-11-23)26(20-6-7-20)27-25(22-4-3-5-24(31)18-22)19-29(13-17-34,28(35)32-27)12-16-33-14-1-2-15-33/h3-5,8-11,18,20,25-27,34H,1-2,6-7,12-17,19H2,(H,32,35)/t25-,26?,27+,29?/m1/s1. The van der Waals surface area contributed by atoms with Crippen LogP contribution in [0.5, 0.6) is 0 Å². The molecule has 188 valence electrons. The zero-order valence-electron chi connectivity index (χ0n) is 20.3. The Balaban J connectivity index is 1.50. The topological polar surface area (TPSA) is 52.6 Å². The monoisotopic (exact) mass is 514 g/mol. The molecule has 1 saturated carbocycles. The van der Waals surface area contributed by atoms with Gasteiger partial charge in [0, 0.05) is 34.5 Å². The van der Waals surface area contributed by atoms with Gasteiger partial charge in [-0.3, -0.25) is 4.79 Å². The van der Waals surface area contributed by atoms with Gasteiger partial charge in [0.05, 0.1) is 5.41 Å². The van der Waals surface area contributed by atoms with Crippen molar-refractivity contribution in [3.63, 3.8) is 0 Å². The highest BCUT2D eigenvalue weighted by atomic mass is 35.5. The second-order valence-electron chi connectivity index (χ2n) is 10.8. The number of amides is 1. The number of carbonyl (C=O) groups excluding carboxylic acids is 1. The maximum Gasteiger partial charge on any atom is 0.226 e. The largest absolute Gasteiger partial charge is 0.396 e. The minimum atomic E-state index is -0.574. The minimum absolute atomic E-state index is 0.0175. The molecule has 0 bridgehead atoms. The van der Waals surface area contributed by atoms with Gasteiger partial charge in [0.2, 0.25) is 5.91 Å². The summed E-state index contributed by atoms with van der Waals surface area (Å²) in [4.78, 5) is 16.4. The van der Waals surface area contributed by atoms with E-state index in [1.54, 1.807) is 0 Å². The van der Waals surface area contributed by atoms with Gasteiger partial charge in [-0.05, 0) is 106 Å². The number of likely N-dealkylation sites (tertiary alicyclic amines) is 1. The van der Waals surface area contributed by atoms with Gasteiger partial charge >= 0.3 is 0 Å². The summed E-state index contributed by atoms with van der Waals surface area (Å²) < 4.78 is 0. The Morgan fingerprint density at radius 2 is 1.77 bits per heavy atom. The van der Waals surface area contributed by atoms with E-state index in [0.29, 0.717) is 12.3 Å². The van der Waals surface area contributed by atoms with Crippen molar-refractivity contribution >= 4 is 29.1 Å². The van der Waals surface area contributed by atoms with E-state index in [-0.39, 0.29) is 30.4 Å². The fourth-order valence-corrected chi connectivity index (χ4v) is 6.83. The van der Waals surface area contributed by atoms with Crippen molar-refractivity contribution in [3.05, 3.63) is 69.7 Å². The number of carbonyl (C=O) groups is 1. The lowest BCUT2D eigenvalue weighted by molar-refractivity contribution is -0.138. The number of hydrogen-bond donors (Lipinski definition) is 2. The summed E-state index contributed by atoms with van der Waals surface area (Å²) in [6, 6.07) is 16.3. The van der Waals surface area contributed by atoms with Crippen LogP contribution in [0.2, 0.25) is 10.0 Å². The second-order valence-corrected chi connectivity index (χ2v) is 11.7. The first-order valence-corrected chi connectivity index (χ1v) is 13.9. The second kappa shape index (κ2) is 10.8. The molecule has 2 aliphatic heterocycles. The summed E-state index contributed by atoms with van der Waals surface area (Å²) in [7, 11) is 0. The van der Waals surface area contributed by atoms with Crippen molar-refractivity contribution in [3.8, 4) is 0 Å². The molecule has 3 aliphatic rings. The number of nitrogens with one attached hydrogen (secondary N) is 1. The highest BCUT2D eigenvalue weighted by Gasteiger charge is 2.51. The maximum atomic E-state index is 13.9. The molecule has 5 rings (SSSR count). The van der Waals surface area contributed by atoms with E-state index in [4.69, 9.17) is 23.2 Å². The number of piperidine rings is 1. The maximum absolute atomic E-state index is 13.9. The predicted molar refractivity (Wildman–Crippen MR) is 142 cm³/mol. The van der Waals surface area contributed by atoms with Crippen LogP contribution in [0.15, 0.2) is 48.5 Å². The van der Waals surface area contributed by atoms with Gasteiger partial charge in [-0.2, -0.15) is 0 Å². The van der Waals surface area contributed by atoms with E-state index >= 15 is 0 Å². The fourth-order valence-electron chi connectivity index (χ4n) is 6.51. The molecule has 6 heteroatoms. The Bertz CT molecular complexity index is 1020. The summed E-state index contributed by atoms with van der Waals surface area (Å²) in [5.41, 5.74) is 1.83. The van der Waals surface area contributed by atoms with Crippen LogP contribution in [0, 0.1) is 11.3 Å². The zero-order valence-corrected chi connectivity index (χ0v) is 21.8. The molecule has 1 amide bonds. The molecule has 2 aromatic carbocycles. The van der Waals surface area contributed by atoms with Crippen LogP contribution >= 0.6 is 23.2 Å². The number of halogens is 2. The Morgan fingerprint density at radius 1 is 1.03 bits per heavy atom. The van der Waals surface area contributed by atoms with Gasteiger partial charge in [-0.1, -0.05) is 47.5 Å². The van der Waals surface area contributed by atoms with Crippen LogP contribution in [0.4, 0.5) is 0 Å². The predicted octanol–water partition coefficient (Wildman–Crippen LogP) is 6.01. The summed E-state index contributed by atoms with van der Waals surface area (Å²) in [5.74, 6) is 1.01. The van der Waals surface area contributed by atoms with Crippen molar-refractivity contribution in [2.45, 2.75) is 62.8 Å². The van der Waals surface area contributed by atoms with E-state index in [1.165, 1.54) is 36.8 Å². The van der Waals surface area contributed by atoms with Gasteiger partial charge in [0.1, 0.15) is 0 Å². The molecule has 3 fully saturated rings. The lowest BCUT2D eigenvalue weighted by Gasteiger charge is -2.47. The fraction of sp³-hybridized carbons (Fsp3) is 0.552. The van der Waals surface area contributed by atoms with Crippen molar-refractivity contribution in [1.82, 2.24) is 10.2 Å². The molecule has 0 radical (unpaired) electrons. The van der Waals surface area contributed by atoms with E-state index in [1.807, 2.05) is 24.3 Å². The molecule has 2 saturated heterocycles. The molecule has 4 atom stereocenters. The first-order chi connectivity index (χ1) is 17.0. The lowest BCUT2D eigenvalue weighted by Crippen LogP contribution is -2.57. The molecular formula is C29H36Cl2N2O2. The van der Waals surface area contributed by atoms with Gasteiger partial charge < -0.3 is 15.3 Å². The van der Waals surface area contributed by atoms with Gasteiger partial charge in [0.15, 0.2) is 0 Å². The molecular weight excluding hydrogens is 479 g/mol. The minimum Gasteiger partial charge on any atom is -0.396 e. The third-order valence-corrected chi connectivity index (χ3v) is 9.05. The number of benzene rings is 2. The van der Waals surface area contributed by atoms with Crippen LogP contribution < -0.4 is 5.32 Å². The Morgan fingerprint density at radius 3 is 2.43 bits per heavy atom. The third-order valence-electron chi connectivity index (χ3n) is 8.57. The van der Waals surface area contributed by atoms with E-state index in [9.17, 15) is 9.90 Å². The van der Waals surface area contributed by atoms with Crippen molar-refractivity contribution < 1.29 is 9.90 Å². The average molecular weight is 516 g/mol. The Labute approximate surface area is 219 Å². The molecule has 2 aromatic rings. The number of aliphatic hydroxyl groups excluding tert-OH is 1. The summed E-state index contributed by atoms with van der Waals surface area (Å²) >= 11 is 12.7. The van der Waals surface area contributed by atoms with Gasteiger partial charge in [-0.15, -0.1) is 0 Å². The molecule has 2 heterocycles. The average Bonchev–Trinajstić information content (AvgIpc) is 3.54. The highest BCUT2D eigenvalue weighted by molar-refractivity contribution is 6.30. The molecule has 2 unspecified atom stereocenters. The van der Waals surface area contributed by atoms with E-state index in [2.05, 4.69) is 34.5 Å². The smallest absolute Gasteiger partial charge is 0.226 e. The lowest BCUT2D eigenvalue weighted by atomic mass is 9.64. The van der Waals surface area contributed by atoms with E-state index in [0.717, 1.165) is 42.5 Å². The number of rotatable bonds is 9. The van der Waals surface area contributed by atoms with Crippen LogP contribution in [0.25, 0.3) is 0 Å². The molecule has 0 spiro atoms. The first kappa shape index (κ1) is 25.1. The van der Waals surface area contributed by atoms with Crippen molar-refractivity contribution in [2.24, 2.45) is 11.3 Å². The van der Waals surface area contributed by atoms with Crippen LogP contribution in [0.1, 0.15) is 67.9 Å². The van der Waals surface area contributed by atoms with Crippen molar-refractivity contribution in [2.75, 3.05) is 26.2 Å². The van der Waals surface area contributed by atoms with Crippen LogP contribution in [-0.4, -0.2) is 48.2 Å². The normalized spacial score (nSPS) is 28.1. The summed E-state index contributed by atoms with van der Waals surface area (Å²) in [5, 5.41) is 15.0.